The molecule has 1 fully saturated rings. The number of hydrogen-bond donors (Lipinski definition) is 1. The maximum absolute atomic E-state index is 13.3. The minimum Gasteiger partial charge on any atom is -0.325 e. The highest BCUT2D eigenvalue weighted by molar-refractivity contribution is 9.10. The van der Waals surface area contributed by atoms with Crippen molar-refractivity contribution in [1.82, 2.24) is 0 Å². The Kier molecular flexibility index (Phi) is 5.02. The van der Waals surface area contributed by atoms with Crippen LogP contribution in [-0.2, 0) is 6.42 Å². The van der Waals surface area contributed by atoms with E-state index in [0.29, 0.717) is 4.47 Å². The number of benzene rings is 1. The van der Waals surface area contributed by atoms with Gasteiger partial charge in [0.2, 0.25) is 0 Å². The second-order valence-corrected chi connectivity index (χ2v) is 6.85. The standard InChI is InChI=1S/C16H23BrFN/c1-2-12-4-3-8-16(19,9-7-12)11-13-5-6-15(18)14(17)10-13/h5-6,10,12H,2-4,7-9,11,19H2,1H3. The van der Waals surface area contributed by atoms with E-state index in [2.05, 4.69) is 22.9 Å². The summed E-state index contributed by atoms with van der Waals surface area (Å²) < 4.78 is 13.8. The quantitative estimate of drug-likeness (QED) is 0.791. The van der Waals surface area contributed by atoms with Gasteiger partial charge in [-0.25, -0.2) is 4.39 Å². The Bertz CT molecular complexity index is 435. The summed E-state index contributed by atoms with van der Waals surface area (Å²) in [5, 5.41) is 0. The highest BCUT2D eigenvalue weighted by Crippen LogP contribution is 2.33. The molecule has 1 aliphatic rings. The van der Waals surface area contributed by atoms with E-state index in [1.165, 1.54) is 31.7 Å². The summed E-state index contributed by atoms with van der Waals surface area (Å²) in [6.07, 6.45) is 8.04. The van der Waals surface area contributed by atoms with Crippen LogP contribution >= 0.6 is 15.9 Å². The molecule has 0 aromatic heterocycles. The van der Waals surface area contributed by atoms with Crippen molar-refractivity contribution in [2.45, 2.75) is 57.4 Å². The molecule has 0 saturated heterocycles. The summed E-state index contributed by atoms with van der Waals surface area (Å²) in [7, 11) is 0. The lowest BCUT2D eigenvalue weighted by Gasteiger charge is -2.28. The average Bonchev–Trinajstić information content (AvgIpc) is 2.56. The zero-order valence-corrected chi connectivity index (χ0v) is 13.2. The summed E-state index contributed by atoms with van der Waals surface area (Å²) in [6, 6.07) is 5.25. The lowest BCUT2D eigenvalue weighted by molar-refractivity contribution is 0.358. The fourth-order valence-electron chi connectivity index (χ4n) is 3.14. The number of nitrogens with two attached hydrogens (primary N) is 1. The van der Waals surface area contributed by atoms with E-state index in [0.717, 1.165) is 30.7 Å². The van der Waals surface area contributed by atoms with Crippen LogP contribution in [0.3, 0.4) is 0 Å². The van der Waals surface area contributed by atoms with E-state index >= 15 is 0 Å². The minimum absolute atomic E-state index is 0.110. The molecule has 1 nitrogen and oxygen atoms in total. The summed E-state index contributed by atoms with van der Waals surface area (Å²) >= 11 is 3.25. The molecule has 3 heteroatoms. The van der Waals surface area contributed by atoms with Crippen molar-refractivity contribution in [1.29, 1.82) is 0 Å². The largest absolute Gasteiger partial charge is 0.325 e. The topological polar surface area (TPSA) is 26.0 Å². The third-order valence-electron chi connectivity index (χ3n) is 4.46. The van der Waals surface area contributed by atoms with Crippen molar-refractivity contribution in [3.63, 3.8) is 0 Å². The SMILES string of the molecule is CCC1CCCC(N)(Cc2ccc(F)c(Br)c2)CC1. The number of hydrogen-bond acceptors (Lipinski definition) is 1. The van der Waals surface area contributed by atoms with Crippen LogP contribution in [0.25, 0.3) is 0 Å². The van der Waals surface area contributed by atoms with Gasteiger partial charge >= 0.3 is 0 Å². The van der Waals surface area contributed by atoms with Gasteiger partial charge in [-0.2, -0.15) is 0 Å². The fraction of sp³-hybridized carbons (Fsp3) is 0.625. The van der Waals surface area contributed by atoms with Gasteiger partial charge in [-0.1, -0.05) is 32.3 Å². The Morgan fingerprint density at radius 1 is 1.37 bits per heavy atom. The molecule has 2 atom stereocenters. The van der Waals surface area contributed by atoms with Gasteiger partial charge in [0.15, 0.2) is 0 Å². The second-order valence-electron chi connectivity index (χ2n) is 5.99. The van der Waals surface area contributed by atoms with Crippen LogP contribution < -0.4 is 5.73 Å². The van der Waals surface area contributed by atoms with Gasteiger partial charge < -0.3 is 5.73 Å². The molecule has 2 unspecified atom stereocenters. The number of rotatable bonds is 3. The Balaban J connectivity index is 2.05. The summed E-state index contributed by atoms with van der Waals surface area (Å²) in [6.45, 7) is 2.27. The highest BCUT2D eigenvalue weighted by atomic mass is 79.9. The van der Waals surface area contributed by atoms with Gasteiger partial charge in [0.1, 0.15) is 5.82 Å². The zero-order valence-electron chi connectivity index (χ0n) is 11.6. The molecule has 0 bridgehead atoms. The van der Waals surface area contributed by atoms with Gasteiger partial charge in [-0.3, -0.25) is 0 Å². The Hall–Kier alpha value is -0.410. The lowest BCUT2D eigenvalue weighted by Crippen LogP contribution is -2.41. The molecule has 1 saturated carbocycles. The average molecular weight is 328 g/mol. The molecule has 19 heavy (non-hydrogen) atoms. The van der Waals surface area contributed by atoms with Crippen molar-refractivity contribution >= 4 is 15.9 Å². The predicted molar refractivity (Wildman–Crippen MR) is 81.6 cm³/mol. The smallest absolute Gasteiger partial charge is 0.137 e. The predicted octanol–water partition coefficient (Wildman–Crippen LogP) is 4.82. The van der Waals surface area contributed by atoms with Crippen LogP contribution in [0, 0.1) is 11.7 Å². The molecule has 1 aromatic carbocycles. The monoisotopic (exact) mass is 327 g/mol. The fourth-order valence-corrected chi connectivity index (χ4v) is 3.57. The first kappa shape index (κ1) is 15.0. The zero-order chi connectivity index (χ0) is 13.9. The van der Waals surface area contributed by atoms with Crippen molar-refractivity contribution in [2.24, 2.45) is 11.7 Å². The normalized spacial score (nSPS) is 28.1. The molecule has 0 amide bonds. The maximum Gasteiger partial charge on any atom is 0.137 e. The molecule has 106 valence electrons. The molecule has 2 N–H and O–H groups in total. The van der Waals surface area contributed by atoms with Gasteiger partial charge in [-0.15, -0.1) is 0 Å². The van der Waals surface area contributed by atoms with E-state index in [9.17, 15) is 4.39 Å². The number of halogens is 2. The molecule has 1 aliphatic carbocycles. The van der Waals surface area contributed by atoms with Crippen LogP contribution in [-0.4, -0.2) is 5.54 Å². The third kappa shape index (κ3) is 4.03. The molecule has 0 radical (unpaired) electrons. The molecular formula is C16H23BrFN. The van der Waals surface area contributed by atoms with Crippen LogP contribution in [0.5, 0.6) is 0 Å². The van der Waals surface area contributed by atoms with Gasteiger partial charge in [0, 0.05) is 5.54 Å². The van der Waals surface area contributed by atoms with Gasteiger partial charge in [0.25, 0.3) is 0 Å². The first-order chi connectivity index (χ1) is 9.02. The Morgan fingerprint density at radius 2 is 2.16 bits per heavy atom. The Labute approximate surface area is 123 Å². The summed E-state index contributed by atoms with van der Waals surface area (Å²) in [4.78, 5) is 0. The second kappa shape index (κ2) is 6.36. The maximum atomic E-state index is 13.3. The van der Waals surface area contributed by atoms with E-state index in [4.69, 9.17) is 5.73 Å². The van der Waals surface area contributed by atoms with Crippen molar-refractivity contribution in [3.8, 4) is 0 Å². The van der Waals surface area contributed by atoms with Crippen molar-refractivity contribution in [2.75, 3.05) is 0 Å². The molecule has 0 aliphatic heterocycles. The molecule has 0 heterocycles. The van der Waals surface area contributed by atoms with E-state index < -0.39 is 0 Å². The first-order valence-corrected chi connectivity index (χ1v) is 8.04. The van der Waals surface area contributed by atoms with Gasteiger partial charge in [0.05, 0.1) is 4.47 Å². The van der Waals surface area contributed by atoms with Crippen LogP contribution in [0.2, 0.25) is 0 Å². The van der Waals surface area contributed by atoms with Crippen LogP contribution in [0.4, 0.5) is 4.39 Å². The lowest BCUT2D eigenvalue weighted by atomic mass is 9.84. The highest BCUT2D eigenvalue weighted by Gasteiger charge is 2.29. The molecule has 2 rings (SSSR count). The molecular weight excluding hydrogens is 305 g/mol. The summed E-state index contributed by atoms with van der Waals surface area (Å²) in [5.74, 6) is 0.632. The van der Waals surface area contributed by atoms with Crippen LogP contribution in [0.1, 0.15) is 51.0 Å². The molecule has 1 aromatic rings. The third-order valence-corrected chi connectivity index (χ3v) is 5.06. The van der Waals surface area contributed by atoms with Crippen molar-refractivity contribution in [3.05, 3.63) is 34.1 Å². The minimum atomic E-state index is -0.207. The summed E-state index contributed by atoms with van der Waals surface area (Å²) in [5.41, 5.74) is 7.61. The van der Waals surface area contributed by atoms with Gasteiger partial charge in [-0.05, 0) is 65.2 Å². The Morgan fingerprint density at radius 3 is 2.84 bits per heavy atom. The van der Waals surface area contributed by atoms with E-state index in [1.807, 2.05) is 12.1 Å². The van der Waals surface area contributed by atoms with E-state index in [-0.39, 0.29) is 11.4 Å². The first-order valence-electron chi connectivity index (χ1n) is 7.25. The van der Waals surface area contributed by atoms with Crippen LogP contribution in [0.15, 0.2) is 22.7 Å². The molecule has 0 spiro atoms. The van der Waals surface area contributed by atoms with Crippen molar-refractivity contribution < 1.29 is 4.39 Å². The van der Waals surface area contributed by atoms with E-state index in [1.54, 1.807) is 0 Å².